The molecule has 2 aromatic rings. The summed E-state index contributed by atoms with van der Waals surface area (Å²) in [5.41, 5.74) is 0.498. The van der Waals surface area contributed by atoms with Crippen molar-refractivity contribution in [2.45, 2.75) is 18.4 Å². The molecule has 0 spiro atoms. The van der Waals surface area contributed by atoms with Gasteiger partial charge in [-0.25, -0.2) is 0 Å². The Kier molecular flexibility index (Phi) is 4.03. The lowest BCUT2D eigenvalue weighted by Gasteiger charge is -2.05. The zero-order chi connectivity index (χ0) is 13.1. The summed E-state index contributed by atoms with van der Waals surface area (Å²) in [5, 5.41) is 6.33. The summed E-state index contributed by atoms with van der Waals surface area (Å²) in [6, 6.07) is 5.24. The van der Waals surface area contributed by atoms with Gasteiger partial charge in [0.2, 0.25) is 5.89 Å². The molecule has 1 aromatic heterocycles. The number of carbonyl (C=O) groups excluding carboxylic acids is 1. The van der Waals surface area contributed by atoms with Crippen LogP contribution in [0, 0.1) is 6.92 Å². The number of thiol groups is 1. The van der Waals surface area contributed by atoms with Crippen molar-refractivity contribution in [3.8, 4) is 0 Å². The summed E-state index contributed by atoms with van der Waals surface area (Å²) in [7, 11) is 0. The predicted octanol–water partition coefficient (Wildman–Crippen LogP) is 2.36. The minimum Gasteiger partial charge on any atom is -0.343 e. The van der Waals surface area contributed by atoms with Crippen LogP contribution in [-0.2, 0) is 6.54 Å². The third kappa shape index (κ3) is 3.11. The van der Waals surface area contributed by atoms with Crippen LogP contribution >= 0.6 is 28.6 Å². The fourth-order valence-corrected chi connectivity index (χ4v) is 2.21. The molecular formula is C11H10BrN3O2S. The van der Waals surface area contributed by atoms with Gasteiger partial charge in [-0.1, -0.05) is 21.1 Å². The molecule has 0 bridgehead atoms. The average molecular weight is 328 g/mol. The summed E-state index contributed by atoms with van der Waals surface area (Å²) in [4.78, 5) is 16.5. The third-order valence-electron chi connectivity index (χ3n) is 2.17. The van der Waals surface area contributed by atoms with Crippen LogP contribution in [0.1, 0.15) is 22.1 Å². The minimum atomic E-state index is -0.233. The van der Waals surface area contributed by atoms with Gasteiger partial charge in [-0.3, -0.25) is 4.79 Å². The molecule has 1 heterocycles. The van der Waals surface area contributed by atoms with Crippen LogP contribution in [0.3, 0.4) is 0 Å². The number of aromatic nitrogens is 2. The van der Waals surface area contributed by atoms with Crippen molar-refractivity contribution >= 4 is 34.5 Å². The second-order valence-corrected chi connectivity index (χ2v) is 4.98. The Morgan fingerprint density at radius 1 is 1.56 bits per heavy atom. The standard InChI is InChI=1S/C11H10BrN3O2S/c1-6-14-10(17-15-6)5-13-11(16)8-3-2-7(12)4-9(8)18/h2-4,18H,5H2,1H3,(H,13,16). The maximum Gasteiger partial charge on any atom is 0.252 e. The van der Waals surface area contributed by atoms with Crippen LogP contribution in [0.2, 0.25) is 0 Å². The minimum absolute atomic E-state index is 0.197. The van der Waals surface area contributed by atoms with Gasteiger partial charge in [0, 0.05) is 9.37 Å². The Balaban J connectivity index is 2.03. The summed E-state index contributed by atoms with van der Waals surface area (Å²) >= 11 is 7.56. The Labute approximate surface area is 118 Å². The molecule has 0 aliphatic rings. The largest absolute Gasteiger partial charge is 0.343 e. The Morgan fingerprint density at radius 3 is 2.94 bits per heavy atom. The number of aryl methyl sites for hydroxylation is 1. The fraction of sp³-hybridized carbons (Fsp3) is 0.182. The van der Waals surface area contributed by atoms with Crippen molar-refractivity contribution in [2.24, 2.45) is 0 Å². The van der Waals surface area contributed by atoms with Gasteiger partial charge in [-0.2, -0.15) is 4.98 Å². The lowest BCUT2D eigenvalue weighted by atomic mass is 10.2. The van der Waals surface area contributed by atoms with E-state index in [0.717, 1.165) is 4.47 Å². The van der Waals surface area contributed by atoms with Crippen LogP contribution in [0.5, 0.6) is 0 Å². The number of amides is 1. The van der Waals surface area contributed by atoms with Crippen molar-refractivity contribution in [3.05, 3.63) is 40.0 Å². The first-order valence-corrected chi connectivity index (χ1v) is 6.36. The molecule has 1 amide bonds. The Hall–Kier alpha value is -1.34. The van der Waals surface area contributed by atoms with Gasteiger partial charge >= 0.3 is 0 Å². The number of hydrogen-bond acceptors (Lipinski definition) is 5. The Morgan fingerprint density at radius 2 is 2.33 bits per heavy atom. The van der Waals surface area contributed by atoms with E-state index in [0.29, 0.717) is 22.2 Å². The molecule has 0 aliphatic carbocycles. The van der Waals surface area contributed by atoms with Gasteiger partial charge in [-0.15, -0.1) is 12.6 Å². The quantitative estimate of drug-likeness (QED) is 0.849. The van der Waals surface area contributed by atoms with Crippen LogP contribution in [-0.4, -0.2) is 16.0 Å². The highest BCUT2D eigenvalue weighted by molar-refractivity contribution is 9.10. The van der Waals surface area contributed by atoms with Gasteiger partial charge in [0.25, 0.3) is 5.91 Å². The van der Waals surface area contributed by atoms with E-state index < -0.39 is 0 Å². The second kappa shape index (κ2) is 5.53. The van der Waals surface area contributed by atoms with Crippen LogP contribution in [0.15, 0.2) is 32.1 Å². The van der Waals surface area contributed by atoms with Crippen molar-refractivity contribution in [3.63, 3.8) is 0 Å². The normalized spacial score (nSPS) is 10.4. The third-order valence-corrected chi connectivity index (χ3v) is 3.04. The number of rotatable bonds is 3. The first kappa shape index (κ1) is 13.1. The molecule has 0 saturated heterocycles. The van der Waals surface area contributed by atoms with E-state index >= 15 is 0 Å². The van der Waals surface area contributed by atoms with Crippen LogP contribution in [0.25, 0.3) is 0 Å². The Bertz CT molecular complexity index is 585. The summed E-state index contributed by atoms with van der Waals surface area (Å²) in [6.45, 7) is 1.92. The lowest BCUT2D eigenvalue weighted by Crippen LogP contribution is -2.23. The first-order chi connectivity index (χ1) is 8.56. The van der Waals surface area contributed by atoms with E-state index in [4.69, 9.17) is 4.52 Å². The molecule has 0 fully saturated rings. The summed E-state index contributed by atoms with van der Waals surface area (Å²) in [6.07, 6.45) is 0. The van der Waals surface area contributed by atoms with Gasteiger partial charge < -0.3 is 9.84 Å². The first-order valence-electron chi connectivity index (χ1n) is 5.12. The van der Waals surface area contributed by atoms with E-state index in [-0.39, 0.29) is 12.5 Å². The van der Waals surface area contributed by atoms with Crippen molar-refractivity contribution in [2.75, 3.05) is 0 Å². The molecular weight excluding hydrogens is 318 g/mol. The van der Waals surface area contributed by atoms with Crippen molar-refractivity contribution < 1.29 is 9.32 Å². The molecule has 94 valence electrons. The van der Waals surface area contributed by atoms with Crippen molar-refractivity contribution in [1.82, 2.24) is 15.5 Å². The molecule has 1 N–H and O–H groups in total. The molecule has 0 unspecified atom stereocenters. The molecule has 1 aromatic carbocycles. The van der Waals surface area contributed by atoms with E-state index in [2.05, 4.69) is 44.0 Å². The van der Waals surface area contributed by atoms with Gasteiger partial charge in [0.1, 0.15) is 0 Å². The molecule has 7 heteroatoms. The molecule has 5 nitrogen and oxygen atoms in total. The molecule has 0 radical (unpaired) electrons. The number of halogens is 1. The maximum atomic E-state index is 11.9. The van der Waals surface area contributed by atoms with Gasteiger partial charge in [0.15, 0.2) is 5.82 Å². The molecule has 0 atom stereocenters. The van der Waals surface area contributed by atoms with Crippen LogP contribution < -0.4 is 5.32 Å². The molecule has 0 aliphatic heterocycles. The number of hydrogen-bond donors (Lipinski definition) is 2. The highest BCUT2D eigenvalue weighted by Crippen LogP contribution is 2.19. The summed E-state index contributed by atoms with van der Waals surface area (Å²) < 4.78 is 5.77. The topological polar surface area (TPSA) is 68.0 Å². The number of carbonyl (C=O) groups is 1. The monoisotopic (exact) mass is 327 g/mol. The zero-order valence-corrected chi connectivity index (χ0v) is 12.0. The van der Waals surface area contributed by atoms with Gasteiger partial charge in [0.05, 0.1) is 12.1 Å². The number of nitrogens with one attached hydrogen (secondary N) is 1. The number of nitrogens with zero attached hydrogens (tertiary/aromatic N) is 2. The highest BCUT2D eigenvalue weighted by Gasteiger charge is 2.11. The predicted molar refractivity (Wildman–Crippen MR) is 71.6 cm³/mol. The number of benzene rings is 1. The lowest BCUT2D eigenvalue weighted by molar-refractivity contribution is 0.0943. The average Bonchev–Trinajstić information content (AvgIpc) is 2.72. The van der Waals surface area contributed by atoms with E-state index in [1.165, 1.54) is 0 Å². The van der Waals surface area contributed by atoms with E-state index in [1.807, 2.05) is 0 Å². The fourth-order valence-electron chi connectivity index (χ4n) is 1.36. The SMILES string of the molecule is Cc1noc(CNC(=O)c2ccc(Br)cc2S)n1. The maximum absolute atomic E-state index is 11.9. The molecule has 2 rings (SSSR count). The molecule has 0 saturated carbocycles. The van der Waals surface area contributed by atoms with Crippen molar-refractivity contribution in [1.29, 1.82) is 0 Å². The van der Waals surface area contributed by atoms with Crippen LogP contribution in [0.4, 0.5) is 0 Å². The highest BCUT2D eigenvalue weighted by atomic mass is 79.9. The second-order valence-electron chi connectivity index (χ2n) is 3.58. The smallest absolute Gasteiger partial charge is 0.252 e. The molecule has 18 heavy (non-hydrogen) atoms. The van der Waals surface area contributed by atoms with Gasteiger partial charge in [-0.05, 0) is 25.1 Å². The van der Waals surface area contributed by atoms with E-state index in [9.17, 15) is 4.79 Å². The zero-order valence-electron chi connectivity index (χ0n) is 9.48. The van der Waals surface area contributed by atoms with E-state index in [1.54, 1.807) is 25.1 Å². The summed E-state index contributed by atoms with van der Waals surface area (Å²) in [5.74, 6) is 0.680.